The van der Waals surface area contributed by atoms with Crippen molar-refractivity contribution in [2.24, 2.45) is 17.8 Å². The first kappa shape index (κ1) is 39.9. The van der Waals surface area contributed by atoms with E-state index >= 15 is 0 Å². The molecule has 45 heavy (non-hydrogen) atoms. The number of nitrogens with one attached hydrogen (secondary N) is 4. The second-order valence-electron chi connectivity index (χ2n) is 12.6. The molecule has 1 saturated heterocycles. The molecule has 4 atom stereocenters. The molecule has 1 rings (SSSR count). The molecule has 5 amide bonds. The summed E-state index contributed by atoms with van der Waals surface area (Å²) < 4.78 is 4.84. The summed E-state index contributed by atoms with van der Waals surface area (Å²) >= 11 is 0.781. The van der Waals surface area contributed by atoms with Crippen molar-refractivity contribution in [2.45, 2.75) is 111 Å². The van der Waals surface area contributed by atoms with Crippen LogP contribution in [0.15, 0.2) is 0 Å². The van der Waals surface area contributed by atoms with Gasteiger partial charge in [-0.3, -0.25) is 33.6 Å². The number of thioether (sulfide) groups is 1. The van der Waals surface area contributed by atoms with Crippen LogP contribution in [-0.4, -0.2) is 95.1 Å². The second kappa shape index (κ2) is 20.1. The van der Waals surface area contributed by atoms with Gasteiger partial charge >= 0.3 is 5.97 Å². The van der Waals surface area contributed by atoms with Crippen molar-refractivity contribution in [3.05, 3.63) is 0 Å². The molecule has 14 heteroatoms. The van der Waals surface area contributed by atoms with Crippen molar-refractivity contribution < 1.29 is 38.3 Å². The molecular formula is C31H53N5O8S. The van der Waals surface area contributed by atoms with Crippen molar-refractivity contribution in [1.82, 2.24) is 26.2 Å². The number of esters is 1. The number of hydrogen-bond donors (Lipinski definition) is 4. The van der Waals surface area contributed by atoms with E-state index in [4.69, 9.17) is 4.74 Å². The average molecular weight is 656 g/mol. The predicted molar refractivity (Wildman–Crippen MR) is 172 cm³/mol. The monoisotopic (exact) mass is 655 g/mol. The Morgan fingerprint density at radius 3 is 1.82 bits per heavy atom. The van der Waals surface area contributed by atoms with Gasteiger partial charge in [-0.1, -0.05) is 53.3 Å². The quantitative estimate of drug-likeness (QED) is 0.159. The fraction of sp³-hybridized carbons (Fsp3) is 0.774. The van der Waals surface area contributed by atoms with Crippen LogP contribution in [0.2, 0.25) is 0 Å². The van der Waals surface area contributed by atoms with E-state index in [1.807, 2.05) is 41.5 Å². The van der Waals surface area contributed by atoms with E-state index in [2.05, 4.69) is 21.3 Å². The Kier molecular flexibility index (Phi) is 17.8. The van der Waals surface area contributed by atoms with Gasteiger partial charge in [-0.2, -0.15) is 0 Å². The highest BCUT2D eigenvalue weighted by Gasteiger charge is 2.35. The molecule has 1 aliphatic rings. The molecule has 13 nitrogen and oxygen atoms in total. The van der Waals surface area contributed by atoms with E-state index in [1.165, 1.54) is 11.8 Å². The molecule has 1 aliphatic heterocycles. The molecule has 0 unspecified atom stereocenters. The first-order valence-corrected chi connectivity index (χ1v) is 16.7. The lowest BCUT2D eigenvalue weighted by molar-refractivity contribution is -0.143. The number of rotatable bonds is 18. The summed E-state index contributed by atoms with van der Waals surface area (Å²) in [6.45, 7) is 14.4. The van der Waals surface area contributed by atoms with Crippen molar-refractivity contribution >= 4 is 52.4 Å². The van der Waals surface area contributed by atoms with Crippen LogP contribution in [-0.2, 0) is 38.3 Å². The van der Waals surface area contributed by atoms with Crippen molar-refractivity contribution in [2.75, 3.05) is 26.2 Å². The van der Waals surface area contributed by atoms with Crippen LogP contribution < -0.4 is 21.3 Å². The van der Waals surface area contributed by atoms with Gasteiger partial charge in [0.2, 0.25) is 34.7 Å². The molecular weight excluding hydrogens is 602 g/mol. The highest BCUT2D eigenvalue weighted by atomic mass is 32.2. The van der Waals surface area contributed by atoms with Gasteiger partial charge in [-0.05, 0) is 56.8 Å². The van der Waals surface area contributed by atoms with Crippen LogP contribution in [0.1, 0.15) is 87.5 Å². The number of ether oxygens (including phenoxy) is 1. The average Bonchev–Trinajstić information content (AvgIpc) is 3.44. The Bertz CT molecular complexity index is 1050. The standard InChI is InChI=1S/C31H53N5O8S/c1-9-44-26(38)16-32-28(40)23(14-19(4)5)35-31(43)25(15-20(6)7)45-27(39)17-33-29(41)22(13-18(2)3)34-30(42)24-11-10-12-36(24)21(8)37/h18-20,22-25H,9-17H2,1-8H3,(H,32,40)(H,33,41)(H,34,42)(H,35,43)/t22-,23-,24-,25-/m0/s1. The molecule has 0 saturated carbocycles. The SMILES string of the molecule is CCOC(=O)CNC(=O)[C@H](CC(C)C)NC(=O)[C@H](CC(C)C)SC(=O)CNC(=O)[C@H](CC(C)C)NC(=O)[C@@H]1CCCN1C(C)=O. The van der Waals surface area contributed by atoms with Crippen LogP contribution >= 0.6 is 11.8 Å². The lowest BCUT2D eigenvalue weighted by atomic mass is 10.0. The van der Waals surface area contributed by atoms with E-state index in [0.29, 0.717) is 38.6 Å². The smallest absolute Gasteiger partial charge is 0.325 e. The maximum atomic E-state index is 13.3. The van der Waals surface area contributed by atoms with E-state index in [1.54, 1.807) is 6.92 Å². The Morgan fingerprint density at radius 1 is 0.778 bits per heavy atom. The first-order chi connectivity index (χ1) is 21.0. The minimum Gasteiger partial charge on any atom is -0.465 e. The van der Waals surface area contributed by atoms with Gasteiger partial charge in [0.05, 0.1) is 18.4 Å². The van der Waals surface area contributed by atoms with Crippen LogP contribution in [0, 0.1) is 17.8 Å². The zero-order valence-electron chi connectivity index (χ0n) is 28.0. The van der Waals surface area contributed by atoms with Gasteiger partial charge < -0.3 is 30.9 Å². The molecule has 256 valence electrons. The predicted octanol–water partition coefficient (Wildman–Crippen LogP) is 1.53. The highest BCUT2D eigenvalue weighted by molar-refractivity contribution is 8.14. The summed E-state index contributed by atoms with van der Waals surface area (Å²) in [6.07, 6.45) is 2.21. The summed E-state index contributed by atoms with van der Waals surface area (Å²) in [5.41, 5.74) is 0. The molecule has 0 aromatic rings. The zero-order valence-corrected chi connectivity index (χ0v) is 28.8. The third kappa shape index (κ3) is 15.1. The van der Waals surface area contributed by atoms with Crippen LogP contribution in [0.3, 0.4) is 0 Å². The normalized spacial score (nSPS) is 16.6. The Hall–Kier alpha value is -3.16. The third-order valence-electron chi connectivity index (χ3n) is 7.01. The fourth-order valence-electron chi connectivity index (χ4n) is 4.97. The number of hydrogen-bond acceptors (Lipinski definition) is 9. The van der Waals surface area contributed by atoms with Gasteiger partial charge in [0.25, 0.3) is 0 Å². The Labute approximate surface area is 271 Å². The summed E-state index contributed by atoms with van der Waals surface area (Å²) in [5, 5.41) is 9.31. The van der Waals surface area contributed by atoms with Gasteiger partial charge in [0.15, 0.2) is 0 Å². The molecule has 0 aromatic carbocycles. The van der Waals surface area contributed by atoms with Crippen molar-refractivity contribution in [1.29, 1.82) is 0 Å². The van der Waals surface area contributed by atoms with E-state index < -0.39 is 58.1 Å². The number of likely N-dealkylation sites (tertiary alicyclic amines) is 1. The minimum absolute atomic E-state index is 0.0487. The van der Waals surface area contributed by atoms with Crippen molar-refractivity contribution in [3.63, 3.8) is 0 Å². The lowest BCUT2D eigenvalue weighted by Crippen LogP contribution is -2.53. The van der Waals surface area contributed by atoms with E-state index in [-0.39, 0.29) is 43.4 Å². The lowest BCUT2D eigenvalue weighted by Gasteiger charge is -2.26. The molecule has 0 bridgehead atoms. The summed E-state index contributed by atoms with van der Waals surface area (Å²) in [7, 11) is 0. The minimum atomic E-state index is -0.920. The topological polar surface area (TPSA) is 180 Å². The number of nitrogens with zero attached hydrogens (tertiary/aromatic N) is 1. The number of amides is 5. The fourth-order valence-corrected chi connectivity index (χ4v) is 6.10. The Morgan fingerprint density at radius 2 is 1.31 bits per heavy atom. The van der Waals surface area contributed by atoms with E-state index in [9.17, 15) is 33.6 Å². The first-order valence-electron chi connectivity index (χ1n) is 15.8. The number of carbonyl (C=O) groups excluding carboxylic acids is 7. The molecule has 0 radical (unpaired) electrons. The van der Waals surface area contributed by atoms with Gasteiger partial charge in [0, 0.05) is 13.5 Å². The molecule has 1 heterocycles. The number of carbonyl (C=O) groups is 7. The van der Waals surface area contributed by atoms with Crippen LogP contribution in [0.25, 0.3) is 0 Å². The highest BCUT2D eigenvalue weighted by Crippen LogP contribution is 2.22. The molecule has 4 N–H and O–H groups in total. The third-order valence-corrected chi connectivity index (χ3v) is 8.11. The molecule has 0 aromatic heterocycles. The maximum absolute atomic E-state index is 13.3. The summed E-state index contributed by atoms with van der Waals surface area (Å²) in [4.78, 5) is 90.3. The van der Waals surface area contributed by atoms with Crippen LogP contribution in [0.4, 0.5) is 0 Å². The zero-order chi connectivity index (χ0) is 34.3. The summed E-state index contributed by atoms with van der Waals surface area (Å²) in [5.74, 6) is -2.59. The molecule has 1 fully saturated rings. The molecule has 0 aliphatic carbocycles. The second-order valence-corrected chi connectivity index (χ2v) is 13.9. The van der Waals surface area contributed by atoms with Gasteiger partial charge in [-0.15, -0.1) is 0 Å². The van der Waals surface area contributed by atoms with E-state index in [0.717, 1.165) is 11.8 Å². The van der Waals surface area contributed by atoms with Gasteiger partial charge in [0.1, 0.15) is 24.7 Å². The summed E-state index contributed by atoms with van der Waals surface area (Å²) in [6, 6.07) is -2.45. The molecule has 0 spiro atoms. The maximum Gasteiger partial charge on any atom is 0.325 e. The van der Waals surface area contributed by atoms with Crippen LogP contribution in [0.5, 0.6) is 0 Å². The van der Waals surface area contributed by atoms with Crippen molar-refractivity contribution in [3.8, 4) is 0 Å². The Balaban J connectivity index is 2.88. The largest absolute Gasteiger partial charge is 0.465 e. The van der Waals surface area contributed by atoms with Gasteiger partial charge in [-0.25, -0.2) is 0 Å².